The summed E-state index contributed by atoms with van der Waals surface area (Å²) in [7, 11) is 0. The van der Waals surface area contributed by atoms with Crippen LogP contribution in [0.25, 0.3) is 0 Å². The van der Waals surface area contributed by atoms with Crippen LogP contribution in [0, 0.1) is 0 Å². The van der Waals surface area contributed by atoms with E-state index in [-0.39, 0.29) is 6.54 Å². The van der Waals surface area contributed by atoms with Gasteiger partial charge in [-0.3, -0.25) is 4.68 Å². The van der Waals surface area contributed by atoms with Crippen LogP contribution in [0.5, 0.6) is 0 Å². The number of nitrogens with two attached hydrogens (primary N) is 1. The molecule has 0 spiro atoms. The zero-order valence-corrected chi connectivity index (χ0v) is 9.83. The number of hydrogen-bond acceptors (Lipinski definition) is 2. The van der Waals surface area contributed by atoms with Gasteiger partial charge >= 0.3 is 6.18 Å². The summed E-state index contributed by atoms with van der Waals surface area (Å²) in [5, 5.41) is 4.08. The normalized spacial score (nSPS) is 11.8. The Balaban J connectivity index is 2.24. The molecule has 1 heterocycles. The summed E-state index contributed by atoms with van der Waals surface area (Å²) in [5.74, 6) is 0. The van der Waals surface area contributed by atoms with Crippen LogP contribution in [0.4, 0.5) is 18.9 Å². The summed E-state index contributed by atoms with van der Waals surface area (Å²) < 4.78 is 38.3. The maximum Gasteiger partial charge on any atom is 0.419 e. The third kappa shape index (κ3) is 2.76. The Bertz CT molecular complexity index is 563. The van der Waals surface area contributed by atoms with E-state index in [0.29, 0.717) is 16.3 Å². The molecule has 7 heteroatoms. The Labute approximate surface area is 106 Å². The van der Waals surface area contributed by atoms with Crippen LogP contribution in [0.3, 0.4) is 0 Å². The van der Waals surface area contributed by atoms with Gasteiger partial charge in [0.15, 0.2) is 0 Å². The van der Waals surface area contributed by atoms with Gasteiger partial charge in [-0.15, -0.1) is 0 Å². The average molecular weight is 276 g/mol. The molecule has 18 heavy (non-hydrogen) atoms. The van der Waals surface area contributed by atoms with E-state index < -0.39 is 11.7 Å². The Hall–Kier alpha value is -1.69. The zero-order valence-electron chi connectivity index (χ0n) is 9.08. The van der Waals surface area contributed by atoms with E-state index in [0.717, 1.165) is 12.4 Å². The van der Waals surface area contributed by atoms with Crippen molar-refractivity contribution in [3.05, 3.63) is 46.7 Å². The van der Waals surface area contributed by atoms with Gasteiger partial charge in [-0.05, 0) is 23.8 Å². The molecule has 0 aliphatic carbocycles. The Kier molecular flexibility index (Phi) is 3.21. The van der Waals surface area contributed by atoms with Crippen molar-refractivity contribution < 1.29 is 13.2 Å². The smallest absolute Gasteiger partial charge is 0.399 e. The molecule has 0 unspecified atom stereocenters. The Morgan fingerprint density at radius 1 is 1.33 bits per heavy atom. The molecule has 3 nitrogen and oxygen atoms in total. The van der Waals surface area contributed by atoms with Gasteiger partial charge in [0.1, 0.15) is 0 Å². The molecule has 0 aliphatic rings. The molecule has 0 amide bonds. The van der Waals surface area contributed by atoms with Crippen molar-refractivity contribution in [3.63, 3.8) is 0 Å². The molecule has 0 radical (unpaired) electrons. The highest BCUT2D eigenvalue weighted by Crippen LogP contribution is 2.29. The Morgan fingerprint density at radius 2 is 2.06 bits per heavy atom. The van der Waals surface area contributed by atoms with E-state index in [1.54, 1.807) is 18.2 Å². The summed E-state index contributed by atoms with van der Waals surface area (Å²) >= 11 is 5.92. The van der Waals surface area contributed by atoms with Crippen molar-refractivity contribution in [3.8, 4) is 0 Å². The lowest BCUT2D eigenvalue weighted by Gasteiger charge is -2.06. The molecule has 1 aromatic carbocycles. The molecule has 2 N–H and O–H groups in total. The van der Waals surface area contributed by atoms with Gasteiger partial charge in [0.05, 0.1) is 18.3 Å². The fourth-order valence-corrected chi connectivity index (χ4v) is 1.66. The minimum Gasteiger partial charge on any atom is -0.399 e. The Morgan fingerprint density at radius 3 is 2.67 bits per heavy atom. The summed E-state index contributed by atoms with van der Waals surface area (Å²) in [6.07, 6.45) is -2.68. The predicted molar refractivity (Wildman–Crippen MR) is 62.2 cm³/mol. The molecule has 0 atom stereocenters. The third-order valence-electron chi connectivity index (χ3n) is 2.36. The van der Waals surface area contributed by atoms with E-state index in [1.807, 2.05) is 0 Å². The summed E-state index contributed by atoms with van der Waals surface area (Å²) in [6, 6.07) is 4.83. The van der Waals surface area contributed by atoms with E-state index in [1.165, 1.54) is 4.68 Å². The van der Waals surface area contributed by atoms with E-state index in [4.69, 9.17) is 17.3 Å². The lowest BCUT2D eigenvalue weighted by Crippen LogP contribution is -2.04. The maximum absolute atomic E-state index is 12.4. The molecule has 0 saturated carbocycles. The monoisotopic (exact) mass is 275 g/mol. The number of benzene rings is 1. The molecule has 0 saturated heterocycles. The van der Waals surface area contributed by atoms with E-state index in [9.17, 15) is 13.2 Å². The van der Waals surface area contributed by atoms with Crippen molar-refractivity contribution >= 4 is 17.3 Å². The van der Waals surface area contributed by atoms with Crippen LogP contribution < -0.4 is 5.73 Å². The quantitative estimate of drug-likeness (QED) is 0.856. The second-order valence-corrected chi connectivity index (χ2v) is 4.18. The largest absolute Gasteiger partial charge is 0.419 e. The van der Waals surface area contributed by atoms with E-state index >= 15 is 0 Å². The molecular weight excluding hydrogens is 267 g/mol. The third-order valence-corrected chi connectivity index (χ3v) is 2.73. The van der Waals surface area contributed by atoms with Gasteiger partial charge in [0.2, 0.25) is 0 Å². The first-order valence-corrected chi connectivity index (χ1v) is 5.37. The summed E-state index contributed by atoms with van der Waals surface area (Å²) in [5.41, 5.74) is 5.91. The topological polar surface area (TPSA) is 43.8 Å². The number of anilines is 1. The van der Waals surface area contributed by atoms with Crippen LogP contribution in [0.1, 0.15) is 11.1 Å². The van der Waals surface area contributed by atoms with Crippen molar-refractivity contribution in [1.82, 2.24) is 9.78 Å². The number of hydrogen-bond donors (Lipinski definition) is 1. The van der Waals surface area contributed by atoms with Crippen LogP contribution in [-0.2, 0) is 12.7 Å². The lowest BCUT2D eigenvalue weighted by atomic mass is 10.2. The number of rotatable bonds is 2. The summed E-state index contributed by atoms with van der Waals surface area (Å²) in [6.45, 7) is 0.139. The highest BCUT2D eigenvalue weighted by Gasteiger charge is 2.32. The van der Waals surface area contributed by atoms with Crippen molar-refractivity contribution in [2.45, 2.75) is 12.7 Å². The second-order valence-electron chi connectivity index (χ2n) is 3.78. The van der Waals surface area contributed by atoms with Gasteiger partial charge in [0, 0.05) is 16.9 Å². The van der Waals surface area contributed by atoms with Gasteiger partial charge in [-0.1, -0.05) is 11.6 Å². The van der Waals surface area contributed by atoms with Crippen molar-refractivity contribution in [2.75, 3.05) is 5.73 Å². The maximum atomic E-state index is 12.4. The number of halogens is 4. The van der Waals surface area contributed by atoms with Gasteiger partial charge in [0.25, 0.3) is 0 Å². The zero-order chi connectivity index (χ0) is 13.3. The fraction of sp³-hybridized carbons (Fsp3) is 0.182. The molecule has 96 valence electrons. The fourth-order valence-electron chi connectivity index (χ4n) is 1.49. The predicted octanol–water partition coefficient (Wildman–Crippen LogP) is 3.19. The molecule has 0 aliphatic heterocycles. The number of alkyl halides is 3. The highest BCUT2D eigenvalue weighted by atomic mass is 35.5. The second kappa shape index (κ2) is 4.53. The standard InChI is InChI=1S/C11H9ClF3N3/c12-10-2-1-9(16)3-7(10)5-18-6-8(4-17-18)11(13,14)15/h1-4,6H,5,16H2. The van der Waals surface area contributed by atoms with Gasteiger partial charge < -0.3 is 5.73 Å². The SMILES string of the molecule is Nc1ccc(Cl)c(Cn2cc(C(F)(F)F)cn2)c1. The van der Waals surface area contributed by atoms with Gasteiger partial charge in [-0.2, -0.15) is 18.3 Å². The highest BCUT2D eigenvalue weighted by molar-refractivity contribution is 6.31. The first kappa shape index (κ1) is 12.8. The molecular formula is C11H9ClF3N3. The lowest BCUT2D eigenvalue weighted by molar-refractivity contribution is -0.137. The first-order chi connectivity index (χ1) is 8.36. The first-order valence-electron chi connectivity index (χ1n) is 5.00. The van der Waals surface area contributed by atoms with Crippen LogP contribution >= 0.6 is 11.6 Å². The number of nitrogens with zero attached hydrogens (tertiary/aromatic N) is 2. The molecule has 2 rings (SSSR count). The number of aromatic nitrogens is 2. The van der Waals surface area contributed by atoms with Gasteiger partial charge in [-0.25, -0.2) is 0 Å². The van der Waals surface area contributed by atoms with Crippen molar-refractivity contribution in [1.29, 1.82) is 0 Å². The van der Waals surface area contributed by atoms with Crippen molar-refractivity contribution in [2.24, 2.45) is 0 Å². The molecule has 0 fully saturated rings. The van der Waals surface area contributed by atoms with Crippen LogP contribution in [0.15, 0.2) is 30.6 Å². The molecule has 0 bridgehead atoms. The van der Waals surface area contributed by atoms with Crippen LogP contribution in [0.2, 0.25) is 5.02 Å². The summed E-state index contributed by atoms with van der Waals surface area (Å²) in [4.78, 5) is 0. The molecule has 1 aromatic heterocycles. The number of nitrogen functional groups attached to an aromatic ring is 1. The average Bonchev–Trinajstić information content (AvgIpc) is 2.71. The molecule has 2 aromatic rings. The van der Waals surface area contributed by atoms with Crippen LogP contribution in [-0.4, -0.2) is 9.78 Å². The minimum atomic E-state index is -4.39. The minimum absolute atomic E-state index is 0.139. The van der Waals surface area contributed by atoms with E-state index in [2.05, 4.69) is 5.10 Å².